The maximum absolute atomic E-state index is 5.66. The molecular weight excluding hydrogens is 191 g/mol. The molecule has 1 heterocycles. The average Bonchev–Trinajstić information content (AvgIpc) is 2.26. The molecule has 0 N–H and O–H groups in total. The van der Waals surface area contributed by atoms with Gasteiger partial charge < -0.3 is 4.52 Å². The van der Waals surface area contributed by atoms with Crippen LogP contribution in [0.2, 0.25) is 0 Å². The summed E-state index contributed by atoms with van der Waals surface area (Å²) in [7, 11) is 0.640. The highest BCUT2D eigenvalue weighted by Crippen LogP contribution is 2.35. The van der Waals surface area contributed by atoms with Gasteiger partial charge in [-0.3, -0.25) is 0 Å². The van der Waals surface area contributed by atoms with Gasteiger partial charge in [0.2, 0.25) is 0 Å². The van der Waals surface area contributed by atoms with E-state index in [1.165, 1.54) is 28.9 Å². The highest BCUT2D eigenvalue weighted by molar-refractivity contribution is 7.32. The molecule has 1 nitrogen and oxygen atoms in total. The van der Waals surface area contributed by atoms with Gasteiger partial charge in [0.15, 0.2) is 0 Å². The zero-order valence-electron chi connectivity index (χ0n) is 7.79. The van der Waals surface area contributed by atoms with Gasteiger partial charge >= 0.3 is 0 Å². The molecule has 0 saturated heterocycles. The van der Waals surface area contributed by atoms with Crippen molar-refractivity contribution < 1.29 is 4.52 Å². The van der Waals surface area contributed by atoms with E-state index in [2.05, 4.69) is 36.4 Å². The summed E-state index contributed by atoms with van der Waals surface area (Å²) < 4.78 is 5.66. The minimum Gasteiger partial charge on any atom is -0.477 e. The lowest BCUT2D eigenvalue weighted by Gasteiger charge is -2.17. The normalized spacial score (nSPS) is 16.6. The molecule has 2 aromatic carbocycles. The molecule has 0 radical (unpaired) electrons. The summed E-state index contributed by atoms with van der Waals surface area (Å²) in [6.07, 6.45) is 2.34. The fourth-order valence-corrected chi connectivity index (χ4v) is 2.69. The molecule has 14 heavy (non-hydrogen) atoms. The summed E-state index contributed by atoms with van der Waals surface area (Å²) in [5.41, 5.74) is 1.36. The Hall–Kier alpha value is -1.07. The number of hydrogen-bond donors (Lipinski definition) is 0. The van der Waals surface area contributed by atoms with E-state index in [0.29, 0.717) is 8.81 Å². The van der Waals surface area contributed by atoms with Gasteiger partial charge in [0.25, 0.3) is 0 Å². The topological polar surface area (TPSA) is 9.23 Å². The summed E-state index contributed by atoms with van der Waals surface area (Å²) in [6, 6.07) is 12.9. The Morgan fingerprint density at radius 2 is 1.86 bits per heavy atom. The standard InChI is InChI=1S/C12H11OP/c1-2-4-10-8-12-11(5-6-14-13-12)7-9(10)3-1/h1-4,7-8,14H,5-6H2. The molecule has 1 aliphatic heterocycles. The Balaban J connectivity index is 2.27. The molecule has 3 rings (SSSR count). The lowest BCUT2D eigenvalue weighted by molar-refractivity contribution is 0.606. The zero-order chi connectivity index (χ0) is 9.38. The Morgan fingerprint density at radius 3 is 2.71 bits per heavy atom. The van der Waals surface area contributed by atoms with E-state index in [-0.39, 0.29) is 0 Å². The first kappa shape index (κ1) is 8.26. The number of hydrogen-bond acceptors (Lipinski definition) is 1. The molecule has 2 heteroatoms. The van der Waals surface area contributed by atoms with Crippen LogP contribution in [0.4, 0.5) is 0 Å². The molecule has 0 amide bonds. The second kappa shape index (κ2) is 3.25. The Kier molecular flexibility index (Phi) is 1.92. The van der Waals surface area contributed by atoms with E-state index in [0.717, 1.165) is 5.75 Å². The summed E-state index contributed by atoms with van der Waals surface area (Å²) in [6.45, 7) is 0. The lowest BCUT2D eigenvalue weighted by atomic mass is 10.0. The highest BCUT2D eigenvalue weighted by atomic mass is 31.1. The van der Waals surface area contributed by atoms with Crippen LogP contribution >= 0.6 is 8.81 Å². The molecule has 0 aromatic heterocycles. The summed E-state index contributed by atoms with van der Waals surface area (Å²) in [5.74, 6) is 1.09. The van der Waals surface area contributed by atoms with Crippen LogP contribution in [0.3, 0.4) is 0 Å². The SMILES string of the molecule is c1ccc2cc3c(cc2c1)CCPO3. The molecule has 2 aromatic rings. The fraction of sp³-hybridized carbons (Fsp3) is 0.167. The maximum atomic E-state index is 5.66. The largest absolute Gasteiger partial charge is 0.477 e. The molecule has 0 spiro atoms. The van der Waals surface area contributed by atoms with Gasteiger partial charge in [0, 0.05) is 6.16 Å². The van der Waals surface area contributed by atoms with Crippen LogP contribution < -0.4 is 4.52 Å². The first-order valence-electron chi connectivity index (χ1n) is 4.85. The first-order chi connectivity index (χ1) is 6.93. The second-order valence-corrected chi connectivity index (χ2v) is 4.55. The number of rotatable bonds is 0. The Bertz CT molecular complexity index is 434. The van der Waals surface area contributed by atoms with E-state index in [1.54, 1.807) is 0 Å². The van der Waals surface area contributed by atoms with Crippen molar-refractivity contribution in [3.63, 3.8) is 0 Å². The minimum absolute atomic E-state index is 0.640. The zero-order valence-corrected chi connectivity index (χ0v) is 8.79. The third-order valence-electron chi connectivity index (χ3n) is 2.61. The fourth-order valence-electron chi connectivity index (χ4n) is 1.87. The molecule has 1 unspecified atom stereocenters. The highest BCUT2D eigenvalue weighted by Gasteiger charge is 2.10. The van der Waals surface area contributed by atoms with Crippen molar-refractivity contribution >= 4 is 19.6 Å². The average molecular weight is 202 g/mol. The second-order valence-electron chi connectivity index (χ2n) is 3.55. The van der Waals surface area contributed by atoms with Crippen LogP contribution in [0.25, 0.3) is 10.8 Å². The molecule has 1 aliphatic rings. The molecule has 0 bridgehead atoms. The van der Waals surface area contributed by atoms with Crippen molar-refractivity contribution in [1.82, 2.24) is 0 Å². The van der Waals surface area contributed by atoms with Crippen LogP contribution in [0.1, 0.15) is 5.56 Å². The Morgan fingerprint density at radius 1 is 1.07 bits per heavy atom. The minimum atomic E-state index is 0.640. The molecule has 0 saturated carbocycles. The van der Waals surface area contributed by atoms with E-state index >= 15 is 0 Å². The van der Waals surface area contributed by atoms with Crippen molar-refractivity contribution in [1.29, 1.82) is 0 Å². The van der Waals surface area contributed by atoms with Crippen molar-refractivity contribution in [3.8, 4) is 5.75 Å². The maximum Gasteiger partial charge on any atom is 0.126 e. The van der Waals surface area contributed by atoms with Crippen LogP contribution in [0, 0.1) is 0 Å². The number of fused-ring (bicyclic) bond motifs is 2. The summed E-state index contributed by atoms with van der Waals surface area (Å²) in [5, 5.41) is 2.60. The smallest absolute Gasteiger partial charge is 0.126 e. The number of aryl methyl sites for hydroxylation is 1. The molecule has 70 valence electrons. The van der Waals surface area contributed by atoms with Gasteiger partial charge in [0.05, 0.1) is 8.81 Å². The van der Waals surface area contributed by atoms with Gasteiger partial charge in [-0.25, -0.2) is 0 Å². The van der Waals surface area contributed by atoms with E-state index in [9.17, 15) is 0 Å². The number of benzene rings is 2. The monoisotopic (exact) mass is 202 g/mol. The van der Waals surface area contributed by atoms with Gasteiger partial charge in [0.1, 0.15) is 5.75 Å². The molecule has 0 fully saturated rings. The van der Waals surface area contributed by atoms with E-state index in [1.807, 2.05) is 0 Å². The summed E-state index contributed by atoms with van der Waals surface area (Å²) in [4.78, 5) is 0. The van der Waals surface area contributed by atoms with Gasteiger partial charge in [-0.2, -0.15) is 0 Å². The quantitative estimate of drug-likeness (QED) is 0.595. The third-order valence-corrected chi connectivity index (χ3v) is 3.43. The molecule has 1 atom stereocenters. The first-order valence-corrected chi connectivity index (χ1v) is 5.96. The van der Waals surface area contributed by atoms with Gasteiger partial charge in [-0.15, -0.1) is 0 Å². The van der Waals surface area contributed by atoms with Crippen LogP contribution in [0.15, 0.2) is 36.4 Å². The van der Waals surface area contributed by atoms with Gasteiger partial charge in [-0.05, 0) is 34.9 Å². The van der Waals surface area contributed by atoms with Crippen molar-refractivity contribution in [3.05, 3.63) is 42.0 Å². The Labute approximate surface area is 85.0 Å². The lowest BCUT2D eigenvalue weighted by Crippen LogP contribution is -1.99. The van der Waals surface area contributed by atoms with Crippen molar-refractivity contribution in [2.24, 2.45) is 0 Å². The summed E-state index contributed by atoms with van der Waals surface area (Å²) >= 11 is 0. The third kappa shape index (κ3) is 1.29. The van der Waals surface area contributed by atoms with Crippen LogP contribution in [0.5, 0.6) is 5.75 Å². The van der Waals surface area contributed by atoms with E-state index < -0.39 is 0 Å². The van der Waals surface area contributed by atoms with Crippen LogP contribution in [-0.2, 0) is 6.42 Å². The van der Waals surface area contributed by atoms with E-state index in [4.69, 9.17) is 4.52 Å². The predicted octanol–water partition coefficient (Wildman–Crippen LogP) is 3.37. The van der Waals surface area contributed by atoms with Crippen molar-refractivity contribution in [2.75, 3.05) is 6.16 Å². The van der Waals surface area contributed by atoms with Gasteiger partial charge in [-0.1, -0.05) is 24.3 Å². The van der Waals surface area contributed by atoms with Crippen LogP contribution in [-0.4, -0.2) is 6.16 Å². The molecular formula is C12H11OP. The molecule has 0 aliphatic carbocycles. The van der Waals surface area contributed by atoms with Crippen molar-refractivity contribution in [2.45, 2.75) is 6.42 Å². The predicted molar refractivity (Wildman–Crippen MR) is 61.5 cm³/mol.